The lowest BCUT2D eigenvalue weighted by atomic mass is 10.00. The fraction of sp³-hybridized carbons (Fsp3) is 0.286. The highest BCUT2D eigenvalue weighted by atomic mass is 35.5. The number of hydrogen-bond donors (Lipinski definition) is 1. The van der Waals surface area contributed by atoms with Crippen LogP contribution in [0.25, 0.3) is 0 Å². The highest BCUT2D eigenvalue weighted by molar-refractivity contribution is 6.35. The molecule has 178 valence electrons. The maximum atomic E-state index is 13.7. The van der Waals surface area contributed by atoms with Crippen molar-refractivity contribution in [1.82, 2.24) is 10.2 Å². The minimum absolute atomic E-state index is 0.0492. The molecule has 4 nitrogen and oxygen atoms in total. The maximum absolute atomic E-state index is 13.7. The van der Waals surface area contributed by atoms with Gasteiger partial charge in [0.05, 0.1) is 6.42 Å². The molecule has 0 aliphatic heterocycles. The molecular weight excluding hydrogens is 467 g/mol. The average molecular weight is 497 g/mol. The van der Waals surface area contributed by atoms with Crippen LogP contribution < -0.4 is 5.32 Å². The Bertz CT molecular complexity index is 1130. The monoisotopic (exact) mass is 496 g/mol. The fourth-order valence-electron chi connectivity index (χ4n) is 3.84. The lowest BCUT2D eigenvalue weighted by molar-refractivity contribution is -0.141. The third-order valence-electron chi connectivity index (χ3n) is 5.66. The van der Waals surface area contributed by atoms with Crippen LogP contribution in [-0.4, -0.2) is 28.8 Å². The average Bonchev–Trinajstić information content (AvgIpc) is 2.79. The van der Waals surface area contributed by atoms with Gasteiger partial charge in [-0.1, -0.05) is 83.9 Å². The van der Waals surface area contributed by atoms with Crippen LogP contribution in [0.2, 0.25) is 10.0 Å². The van der Waals surface area contributed by atoms with E-state index in [9.17, 15) is 9.59 Å². The van der Waals surface area contributed by atoms with E-state index in [1.807, 2.05) is 75.4 Å². The van der Waals surface area contributed by atoms with Gasteiger partial charge in [-0.3, -0.25) is 9.59 Å². The number of rotatable bonds is 9. The number of nitrogens with one attached hydrogen (secondary N) is 1. The Morgan fingerprint density at radius 2 is 1.59 bits per heavy atom. The normalized spacial score (nSPS) is 11.8. The van der Waals surface area contributed by atoms with Crippen LogP contribution in [0.4, 0.5) is 0 Å². The fourth-order valence-corrected chi connectivity index (χ4v) is 4.31. The second-order valence-corrected chi connectivity index (χ2v) is 9.57. The molecule has 2 amide bonds. The van der Waals surface area contributed by atoms with Gasteiger partial charge in [0, 0.05) is 29.1 Å². The van der Waals surface area contributed by atoms with Crippen LogP contribution in [0.15, 0.2) is 72.8 Å². The summed E-state index contributed by atoms with van der Waals surface area (Å²) in [5.74, 6) is -0.352. The van der Waals surface area contributed by atoms with Gasteiger partial charge < -0.3 is 10.2 Å². The quantitative estimate of drug-likeness (QED) is 0.394. The van der Waals surface area contributed by atoms with Crippen molar-refractivity contribution in [2.24, 2.45) is 0 Å². The van der Waals surface area contributed by atoms with E-state index in [4.69, 9.17) is 23.2 Å². The summed E-state index contributed by atoms with van der Waals surface area (Å²) in [4.78, 5) is 28.8. The first kappa shape index (κ1) is 25.8. The summed E-state index contributed by atoms with van der Waals surface area (Å²) in [5.41, 5.74) is 3.72. The predicted molar refractivity (Wildman–Crippen MR) is 139 cm³/mol. The van der Waals surface area contributed by atoms with Gasteiger partial charge in [-0.2, -0.15) is 0 Å². The Morgan fingerprint density at radius 3 is 2.24 bits per heavy atom. The number of nitrogens with zero attached hydrogens (tertiary/aromatic N) is 1. The number of aryl methyl sites for hydroxylation is 1. The van der Waals surface area contributed by atoms with E-state index in [1.54, 1.807) is 23.1 Å². The van der Waals surface area contributed by atoms with Crippen LogP contribution in [-0.2, 0) is 29.0 Å². The van der Waals surface area contributed by atoms with E-state index in [0.717, 1.165) is 16.7 Å². The summed E-state index contributed by atoms with van der Waals surface area (Å²) in [5, 5.41) is 3.95. The van der Waals surface area contributed by atoms with Gasteiger partial charge in [0.25, 0.3) is 0 Å². The molecule has 0 radical (unpaired) electrons. The van der Waals surface area contributed by atoms with Crippen molar-refractivity contribution < 1.29 is 9.59 Å². The van der Waals surface area contributed by atoms with E-state index in [-0.39, 0.29) is 24.3 Å². The van der Waals surface area contributed by atoms with Gasteiger partial charge >= 0.3 is 0 Å². The van der Waals surface area contributed by atoms with Crippen molar-refractivity contribution in [3.8, 4) is 0 Å². The largest absolute Gasteiger partial charge is 0.352 e. The van der Waals surface area contributed by atoms with Crippen molar-refractivity contribution in [3.05, 3.63) is 105 Å². The van der Waals surface area contributed by atoms with Crippen LogP contribution in [0, 0.1) is 6.92 Å². The zero-order valence-corrected chi connectivity index (χ0v) is 21.2. The molecule has 3 rings (SSSR count). The molecule has 0 aliphatic carbocycles. The molecule has 0 saturated heterocycles. The van der Waals surface area contributed by atoms with Crippen LogP contribution in [0.1, 0.15) is 36.1 Å². The molecule has 3 aromatic rings. The molecule has 0 heterocycles. The molecule has 0 aromatic heterocycles. The first-order valence-corrected chi connectivity index (χ1v) is 12.1. The van der Waals surface area contributed by atoms with Gasteiger partial charge in [-0.25, -0.2) is 0 Å². The molecule has 1 atom stereocenters. The number of amides is 2. The highest BCUT2D eigenvalue weighted by Gasteiger charge is 2.31. The lowest BCUT2D eigenvalue weighted by Gasteiger charge is -2.32. The minimum Gasteiger partial charge on any atom is -0.352 e. The lowest BCUT2D eigenvalue weighted by Crippen LogP contribution is -2.52. The van der Waals surface area contributed by atoms with E-state index < -0.39 is 6.04 Å². The van der Waals surface area contributed by atoms with Gasteiger partial charge in [-0.15, -0.1) is 0 Å². The van der Waals surface area contributed by atoms with Crippen LogP contribution in [0.5, 0.6) is 0 Å². The molecule has 0 spiro atoms. The van der Waals surface area contributed by atoms with Crippen molar-refractivity contribution >= 4 is 35.0 Å². The summed E-state index contributed by atoms with van der Waals surface area (Å²) < 4.78 is 0. The number of benzene rings is 3. The van der Waals surface area contributed by atoms with Gasteiger partial charge in [0.1, 0.15) is 6.04 Å². The Labute approximate surface area is 211 Å². The molecule has 0 bridgehead atoms. The van der Waals surface area contributed by atoms with E-state index in [0.29, 0.717) is 28.6 Å². The van der Waals surface area contributed by atoms with Crippen LogP contribution in [0.3, 0.4) is 0 Å². The van der Waals surface area contributed by atoms with Gasteiger partial charge in [-0.05, 0) is 55.2 Å². The van der Waals surface area contributed by atoms with Gasteiger partial charge in [0.15, 0.2) is 0 Å². The molecular formula is C28H30Cl2N2O2. The maximum Gasteiger partial charge on any atom is 0.243 e. The van der Waals surface area contributed by atoms with Gasteiger partial charge in [0.2, 0.25) is 11.8 Å². The molecule has 0 unspecified atom stereocenters. The molecule has 34 heavy (non-hydrogen) atoms. The molecule has 0 saturated carbocycles. The van der Waals surface area contributed by atoms with Crippen molar-refractivity contribution in [3.63, 3.8) is 0 Å². The van der Waals surface area contributed by atoms with Crippen molar-refractivity contribution in [2.45, 2.75) is 52.2 Å². The number of halogens is 2. The summed E-state index contributed by atoms with van der Waals surface area (Å²) in [6.07, 6.45) is 0.480. The Hall–Kier alpha value is -2.82. The first-order valence-electron chi connectivity index (χ1n) is 11.4. The second kappa shape index (κ2) is 12.0. The molecule has 3 aromatic carbocycles. The summed E-state index contributed by atoms with van der Waals surface area (Å²) in [6, 6.07) is 22.0. The third-order valence-corrected chi connectivity index (χ3v) is 6.25. The third kappa shape index (κ3) is 7.09. The zero-order chi connectivity index (χ0) is 24.7. The standard InChI is InChI=1S/C28H30Cl2N2O2/c1-19(2)31-28(34)26(15-21-10-5-4-6-11-21)32(18-23-12-8-7-9-20(23)3)27(33)16-22-13-14-24(29)17-25(22)30/h4-14,17,19,26H,15-16,18H2,1-3H3,(H,31,34)/t26-/m1/s1. The molecule has 6 heteroatoms. The summed E-state index contributed by atoms with van der Waals surface area (Å²) in [7, 11) is 0. The Balaban J connectivity index is 2.00. The number of carbonyl (C=O) groups excluding carboxylic acids is 2. The van der Waals surface area contributed by atoms with E-state index in [1.165, 1.54) is 0 Å². The SMILES string of the molecule is Cc1ccccc1CN(C(=O)Cc1ccc(Cl)cc1Cl)[C@H](Cc1ccccc1)C(=O)NC(C)C. The molecule has 0 fully saturated rings. The Kier molecular flexibility index (Phi) is 9.14. The minimum atomic E-state index is -0.678. The second-order valence-electron chi connectivity index (χ2n) is 8.73. The van der Waals surface area contributed by atoms with Crippen molar-refractivity contribution in [1.29, 1.82) is 0 Å². The van der Waals surface area contributed by atoms with Crippen LogP contribution >= 0.6 is 23.2 Å². The number of carbonyl (C=O) groups is 2. The first-order chi connectivity index (χ1) is 16.2. The Morgan fingerprint density at radius 1 is 0.912 bits per heavy atom. The number of hydrogen-bond acceptors (Lipinski definition) is 2. The highest BCUT2D eigenvalue weighted by Crippen LogP contribution is 2.24. The molecule has 0 aliphatic rings. The molecule has 1 N–H and O–H groups in total. The van der Waals surface area contributed by atoms with Crippen molar-refractivity contribution in [2.75, 3.05) is 0 Å². The summed E-state index contributed by atoms with van der Waals surface area (Å²) >= 11 is 12.4. The topological polar surface area (TPSA) is 49.4 Å². The predicted octanol–water partition coefficient (Wildman–Crippen LogP) is 6.01. The van der Waals surface area contributed by atoms with E-state index in [2.05, 4.69) is 5.32 Å². The summed E-state index contributed by atoms with van der Waals surface area (Å²) in [6.45, 7) is 6.16. The smallest absolute Gasteiger partial charge is 0.243 e. The zero-order valence-electron chi connectivity index (χ0n) is 19.7. The van der Waals surface area contributed by atoms with E-state index >= 15 is 0 Å².